The highest BCUT2D eigenvalue weighted by molar-refractivity contribution is 6.21. The second-order valence-corrected chi connectivity index (χ2v) is 11.4. The molecule has 11 heteroatoms. The van der Waals surface area contributed by atoms with Crippen molar-refractivity contribution in [2.24, 2.45) is 11.7 Å². The number of fused-ring (bicyclic) bond motifs is 1. The second-order valence-electron chi connectivity index (χ2n) is 10.8. The smallest absolute Gasteiger partial charge is 0.229 e. The topological polar surface area (TPSA) is 107 Å². The third-order valence-corrected chi connectivity index (χ3v) is 8.25. The quantitative estimate of drug-likeness (QED) is 0.309. The number of methoxy groups -OCH3 is 1. The Bertz CT molecular complexity index is 692. The normalized spacial score (nSPS) is 39.5. The van der Waals surface area contributed by atoms with E-state index >= 15 is 0 Å². The summed E-state index contributed by atoms with van der Waals surface area (Å²) in [6.45, 7) is 8.02. The molecule has 4 heterocycles. The number of nitrogens with zero attached hydrogens (tertiary/aromatic N) is 3. The Kier molecular flexibility index (Phi) is 10.0. The van der Waals surface area contributed by atoms with Gasteiger partial charge in [0.15, 0.2) is 0 Å². The molecule has 4 aliphatic rings. The van der Waals surface area contributed by atoms with E-state index in [1.807, 2.05) is 12.1 Å². The zero-order chi connectivity index (χ0) is 24.9. The van der Waals surface area contributed by atoms with E-state index in [2.05, 4.69) is 32.8 Å². The van der Waals surface area contributed by atoms with E-state index in [1.165, 1.54) is 0 Å². The first-order valence-corrected chi connectivity index (χ1v) is 13.9. The average molecular weight is 516 g/mol. The Labute approximate surface area is 215 Å². The highest BCUT2D eigenvalue weighted by Crippen LogP contribution is 2.29. The number of alkyl halides is 1. The Balaban J connectivity index is 1.40. The van der Waals surface area contributed by atoms with Crippen LogP contribution in [0.5, 0.6) is 0 Å². The highest BCUT2D eigenvalue weighted by Gasteiger charge is 2.50. The molecule has 5 N–H and O–H groups in total. The van der Waals surface area contributed by atoms with E-state index in [0.29, 0.717) is 19.1 Å². The minimum absolute atomic E-state index is 0.00697. The predicted molar refractivity (Wildman–Crippen MR) is 137 cm³/mol. The van der Waals surface area contributed by atoms with E-state index in [4.69, 9.17) is 26.8 Å². The van der Waals surface area contributed by atoms with Gasteiger partial charge in [-0.15, -0.1) is 11.6 Å². The predicted octanol–water partition coefficient (Wildman–Crippen LogP) is -0.271. The molecule has 0 saturated carbocycles. The van der Waals surface area contributed by atoms with Gasteiger partial charge in [0, 0.05) is 45.9 Å². The number of likely N-dealkylation sites (tertiary alicyclic amines) is 1. The van der Waals surface area contributed by atoms with Gasteiger partial charge in [-0.3, -0.25) is 14.6 Å². The van der Waals surface area contributed by atoms with Crippen LogP contribution in [0.1, 0.15) is 39.0 Å². The lowest BCUT2D eigenvalue weighted by Gasteiger charge is -2.43. The lowest BCUT2D eigenvalue weighted by molar-refractivity contribution is -0.133. The summed E-state index contributed by atoms with van der Waals surface area (Å²) >= 11 is 6.40. The average Bonchev–Trinajstić information content (AvgIpc) is 3.16. The molecule has 0 aromatic carbocycles. The monoisotopic (exact) mass is 515 g/mol. The second kappa shape index (κ2) is 12.8. The molecule has 0 aromatic heterocycles. The number of nitrogens with one attached hydrogen (secondary N) is 3. The van der Waals surface area contributed by atoms with E-state index in [-0.39, 0.29) is 41.6 Å². The molecule has 10 nitrogen and oxygen atoms in total. The van der Waals surface area contributed by atoms with Crippen molar-refractivity contribution in [1.82, 2.24) is 30.9 Å². The van der Waals surface area contributed by atoms with E-state index in [1.54, 1.807) is 7.11 Å². The van der Waals surface area contributed by atoms with Crippen LogP contribution in [0.25, 0.3) is 0 Å². The molecule has 7 unspecified atom stereocenters. The molecular weight excluding hydrogens is 470 g/mol. The number of carbonyl (C=O) groups excluding carboxylic acids is 1. The third kappa shape index (κ3) is 6.86. The third-order valence-electron chi connectivity index (χ3n) is 7.98. The van der Waals surface area contributed by atoms with Crippen LogP contribution in [0.3, 0.4) is 0 Å². The van der Waals surface area contributed by atoms with Gasteiger partial charge in [-0.2, -0.15) is 0 Å². The summed E-state index contributed by atoms with van der Waals surface area (Å²) in [6, 6.07) is 0.336. The van der Waals surface area contributed by atoms with Gasteiger partial charge in [0.1, 0.15) is 0 Å². The number of hydrogen-bond donors (Lipinski definition) is 4. The first kappa shape index (κ1) is 27.5. The van der Waals surface area contributed by atoms with Gasteiger partial charge in [-0.25, -0.2) is 10.4 Å². The zero-order valence-electron chi connectivity index (χ0n) is 21.6. The molecule has 1 amide bonds. The molecule has 8 atom stereocenters. The van der Waals surface area contributed by atoms with Gasteiger partial charge in [-0.05, 0) is 39.3 Å². The first-order valence-electron chi connectivity index (χ1n) is 13.4. The molecule has 0 aliphatic carbocycles. The molecule has 4 aliphatic heterocycles. The fraction of sp³-hybridized carbons (Fsp3) is 0.958. The van der Waals surface area contributed by atoms with Crippen molar-refractivity contribution in [2.45, 2.75) is 81.0 Å². The van der Waals surface area contributed by atoms with Crippen molar-refractivity contribution in [3.05, 3.63) is 0 Å². The summed E-state index contributed by atoms with van der Waals surface area (Å²) in [5, 5.41) is 9.01. The Morgan fingerprint density at radius 3 is 2.89 bits per heavy atom. The van der Waals surface area contributed by atoms with Crippen LogP contribution in [-0.2, 0) is 14.3 Å². The van der Waals surface area contributed by atoms with Crippen molar-refractivity contribution in [3.63, 3.8) is 0 Å². The molecular formula is C24H46ClN7O3. The van der Waals surface area contributed by atoms with Crippen LogP contribution < -0.4 is 21.8 Å². The number of halogens is 1. The SMILES string of the molecule is CCCC1CC(O[C@H]2CCCN(CCOC)C2)C(NC(=O)C2C(N)NN3CC(Cl)CN(C)C23)CN1. The molecule has 202 valence electrons. The maximum Gasteiger partial charge on any atom is 0.229 e. The largest absolute Gasteiger partial charge is 0.383 e. The number of amides is 1. The van der Waals surface area contributed by atoms with Crippen LogP contribution in [0.2, 0.25) is 0 Å². The number of piperidine rings is 2. The summed E-state index contributed by atoms with van der Waals surface area (Å²) in [5.74, 6) is -0.394. The van der Waals surface area contributed by atoms with Gasteiger partial charge in [0.25, 0.3) is 0 Å². The van der Waals surface area contributed by atoms with Crippen LogP contribution in [0, 0.1) is 5.92 Å². The molecule has 0 spiro atoms. The zero-order valence-corrected chi connectivity index (χ0v) is 22.4. The summed E-state index contributed by atoms with van der Waals surface area (Å²) in [7, 11) is 3.76. The van der Waals surface area contributed by atoms with E-state index in [0.717, 1.165) is 64.9 Å². The fourth-order valence-corrected chi connectivity index (χ4v) is 6.65. The molecule has 4 fully saturated rings. The van der Waals surface area contributed by atoms with Crippen LogP contribution in [-0.4, -0.2) is 123 Å². The minimum Gasteiger partial charge on any atom is -0.383 e. The van der Waals surface area contributed by atoms with Crippen LogP contribution in [0.15, 0.2) is 0 Å². The van der Waals surface area contributed by atoms with Crippen molar-refractivity contribution in [1.29, 1.82) is 0 Å². The molecule has 0 aromatic rings. The van der Waals surface area contributed by atoms with Gasteiger partial charge in [-0.1, -0.05) is 13.3 Å². The van der Waals surface area contributed by atoms with E-state index in [9.17, 15) is 4.79 Å². The molecule has 0 radical (unpaired) electrons. The van der Waals surface area contributed by atoms with Crippen LogP contribution >= 0.6 is 11.6 Å². The fourth-order valence-electron chi connectivity index (χ4n) is 6.28. The number of rotatable bonds is 9. The standard InChI is InChI=1S/C24H46ClN7O3/c1-4-6-17-11-20(35-18-7-5-8-31(15-18)9-10-34-3)19(12-27-17)28-23(33)21-22(26)29-32-14-16(25)13-30(2)24(21)32/h16-22,24,27,29H,4-15,26H2,1-3H3,(H,28,33)/t16?,17?,18-,19?,20?,21?,22?,24?/m0/s1. The number of nitrogens with two attached hydrogens (primary N) is 1. The Morgan fingerprint density at radius 2 is 2.11 bits per heavy atom. The maximum atomic E-state index is 13.6. The molecule has 4 rings (SSSR count). The number of carbonyl (C=O) groups is 1. The van der Waals surface area contributed by atoms with Gasteiger partial charge < -0.3 is 25.8 Å². The summed E-state index contributed by atoms with van der Waals surface area (Å²) < 4.78 is 12.0. The Hall–Kier alpha value is -0.560. The van der Waals surface area contributed by atoms with Crippen molar-refractivity contribution in [3.8, 4) is 0 Å². The van der Waals surface area contributed by atoms with E-state index < -0.39 is 6.17 Å². The molecule has 4 saturated heterocycles. The first-order chi connectivity index (χ1) is 16.9. The molecule has 35 heavy (non-hydrogen) atoms. The van der Waals surface area contributed by atoms with Crippen molar-refractivity contribution < 1.29 is 14.3 Å². The number of ether oxygens (including phenoxy) is 2. The van der Waals surface area contributed by atoms with Gasteiger partial charge in [0.2, 0.25) is 5.91 Å². The molecule has 0 bridgehead atoms. The highest BCUT2D eigenvalue weighted by atomic mass is 35.5. The van der Waals surface area contributed by atoms with Crippen molar-refractivity contribution in [2.75, 3.05) is 60.0 Å². The van der Waals surface area contributed by atoms with Gasteiger partial charge in [0.05, 0.1) is 48.5 Å². The van der Waals surface area contributed by atoms with Crippen molar-refractivity contribution >= 4 is 17.5 Å². The number of hydrazine groups is 1. The lowest BCUT2D eigenvalue weighted by Crippen LogP contribution is -2.62. The minimum atomic E-state index is -0.444. The maximum absolute atomic E-state index is 13.6. The summed E-state index contributed by atoms with van der Waals surface area (Å²) in [4.78, 5) is 18.2. The lowest BCUT2D eigenvalue weighted by atomic mass is 9.92. The Morgan fingerprint density at radius 1 is 1.29 bits per heavy atom. The summed E-state index contributed by atoms with van der Waals surface area (Å²) in [5.41, 5.74) is 9.68. The number of hydrogen-bond acceptors (Lipinski definition) is 9. The van der Waals surface area contributed by atoms with Crippen LogP contribution in [0.4, 0.5) is 0 Å². The summed E-state index contributed by atoms with van der Waals surface area (Å²) in [6.07, 6.45) is 4.97. The van der Waals surface area contributed by atoms with Gasteiger partial charge >= 0.3 is 0 Å².